The molecule has 5 aromatic heterocycles. The van der Waals surface area contributed by atoms with Crippen LogP contribution in [-0.4, -0.2) is 24.9 Å². The van der Waals surface area contributed by atoms with E-state index >= 15 is 0 Å². The van der Waals surface area contributed by atoms with Gasteiger partial charge in [-0.1, -0.05) is 178 Å². The van der Waals surface area contributed by atoms with Crippen LogP contribution in [0.25, 0.3) is 89.7 Å². The Balaban J connectivity index is 0.000000181. The van der Waals surface area contributed by atoms with Crippen molar-refractivity contribution >= 4 is 0 Å². The van der Waals surface area contributed by atoms with Gasteiger partial charge in [-0.15, -0.1) is 178 Å². The molecule has 0 fully saturated rings. The van der Waals surface area contributed by atoms with Gasteiger partial charge in [-0.05, 0) is 107 Å². The number of hydrogen-bond donors (Lipinski definition) is 0. The molecular formula is C82H70Ir3N5-5. The first-order valence-electron chi connectivity index (χ1n) is 29.5. The largest absolute Gasteiger partial charge is 0.305 e. The van der Waals surface area contributed by atoms with Gasteiger partial charge in [-0.25, -0.2) is 0 Å². The van der Waals surface area contributed by atoms with Crippen molar-refractivity contribution in [1.82, 2.24) is 24.9 Å². The van der Waals surface area contributed by atoms with Gasteiger partial charge in [-0.3, -0.25) is 0 Å². The van der Waals surface area contributed by atoms with Gasteiger partial charge in [0.2, 0.25) is 0 Å². The van der Waals surface area contributed by atoms with Crippen LogP contribution in [0.3, 0.4) is 0 Å². The summed E-state index contributed by atoms with van der Waals surface area (Å²) in [6.45, 7) is 11.0. The smallest absolute Gasteiger partial charge is 0.0190 e. The number of hydrogen-bond acceptors (Lipinski definition) is 5. The maximum Gasteiger partial charge on any atom is 0.0190 e. The Morgan fingerprint density at radius 1 is 0.278 bits per heavy atom. The first-order chi connectivity index (χ1) is 42.7. The zero-order valence-corrected chi connectivity index (χ0v) is 58.3. The number of rotatable bonds is 12. The van der Waals surface area contributed by atoms with Gasteiger partial charge < -0.3 is 24.9 Å². The molecule has 0 amide bonds. The first kappa shape index (κ1) is 70.5. The van der Waals surface area contributed by atoms with Crippen LogP contribution in [0.5, 0.6) is 0 Å². The molecule has 455 valence electrons. The van der Waals surface area contributed by atoms with Crippen molar-refractivity contribution in [2.24, 2.45) is 11.8 Å². The Kier molecular flexibility index (Phi) is 29.9. The van der Waals surface area contributed by atoms with Gasteiger partial charge in [0.1, 0.15) is 0 Å². The minimum atomic E-state index is 0. The summed E-state index contributed by atoms with van der Waals surface area (Å²) in [6.07, 6.45) is 11.4. The Hall–Kier alpha value is -8.54. The summed E-state index contributed by atoms with van der Waals surface area (Å²) in [7, 11) is 0. The molecule has 0 saturated carbocycles. The molecule has 5 heterocycles. The molecule has 13 rings (SSSR count). The standard InChI is InChI=1S/2C21H20N.C18H14N.2C11H8N.3Ir/c2*1-16(2)13-17-11-12-22-21(14-17)20-10-6-9-19(15-20)18-7-4-3-5-8-18;1-14-10-11-18(19-13-14)17-9-5-8-16(12-17)15-6-3-2-4-7-15;2*1-2-6-10(7-3-1)11-8-4-5-9-12-11;;;/h2*3-9,11-12,14-16H,13H2,1-2H3;2-8,10-13H,1H3;2*1-6,8-9H;;;/q5*-1;;;. The third kappa shape index (κ3) is 22.5. The zero-order chi connectivity index (χ0) is 60.3. The number of aromatic nitrogens is 5. The predicted molar refractivity (Wildman–Crippen MR) is 361 cm³/mol. The average Bonchev–Trinajstić information content (AvgIpc) is 1.80. The Bertz CT molecular complexity index is 3800. The Morgan fingerprint density at radius 3 is 0.956 bits per heavy atom. The van der Waals surface area contributed by atoms with Crippen LogP contribution in [0.4, 0.5) is 0 Å². The van der Waals surface area contributed by atoms with Crippen molar-refractivity contribution in [2.45, 2.75) is 47.5 Å². The van der Waals surface area contributed by atoms with Crippen LogP contribution in [-0.2, 0) is 73.2 Å². The van der Waals surface area contributed by atoms with E-state index in [0.717, 1.165) is 69.1 Å². The molecule has 0 spiro atoms. The molecule has 13 aromatic rings. The van der Waals surface area contributed by atoms with Gasteiger partial charge in [0.25, 0.3) is 0 Å². The number of pyridine rings is 5. The predicted octanol–water partition coefficient (Wildman–Crippen LogP) is 20.4. The van der Waals surface area contributed by atoms with E-state index in [4.69, 9.17) is 0 Å². The molecule has 0 saturated heterocycles. The van der Waals surface area contributed by atoms with E-state index in [1.54, 1.807) is 12.4 Å². The molecule has 0 aliphatic heterocycles. The van der Waals surface area contributed by atoms with Gasteiger partial charge in [0.15, 0.2) is 0 Å². The summed E-state index contributed by atoms with van der Waals surface area (Å²) in [5.74, 6) is 1.30. The second kappa shape index (κ2) is 38.1. The van der Waals surface area contributed by atoms with E-state index in [9.17, 15) is 0 Å². The molecular weight excluding hydrogens is 1630 g/mol. The fraction of sp³-hybridized carbons (Fsp3) is 0.110. The van der Waals surface area contributed by atoms with E-state index < -0.39 is 0 Å². The van der Waals surface area contributed by atoms with Crippen LogP contribution in [0.2, 0.25) is 0 Å². The first-order valence-corrected chi connectivity index (χ1v) is 29.5. The summed E-state index contributed by atoms with van der Waals surface area (Å²) in [5.41, 5.74) is 21.2. The van der Waals surface area contributed by atoms with Gasteiger partial charge in [0.05, 0.1) is 0 Å². The molecule has 3 radical (unpaired) electrons. The maximum atomic E-state index is 4.52. The van der Waals surface area contributed by atoms with E-state index in [1.165, 1.54) is 50.1 Å². The molecule has 0 bridgehead atoms. The van der Waals surface area contributed by atoms with E-state index in [-0.39, 0.29) is 60.3 Å². The van der Waals surface area contributed by atoms with Crippen LogP contribution >= 0.6 is 0 Å². The summed E-state index contributed by atoms with van der Waals surface area (Å²) in [4.78, 5) is 21.9. The van der Waals surface area contributed by atoms with Crippen molar-refractivity contribution in [3.63, 3.8) is 0 Å². The molecule has 0 N–H and O–H groups in total. The average molecular weight is 1700 g/mol. The van der Waals surface area contributed by atoms with E-state index in [0.29, 0.717) is 11.8 Å². The fourth-order valence-electron chi connectivity index (χ4n) is 9.49. The minimum Gasteiger partial charge on any atom is -0.305 e. The quantitative estimate of drug-likeness (QED) is 0.114. The summed E-state index contributed by atoms with van der Waals surface area (Å²) in [5, 5.41) is 0. The number of aryl methyl sites for hydroxylation is 1. The van der Waals surface area contributed by atoms with Crippen LogP contribution < -0.4 is 0 Å². The van der Waals surface area contributed by atoms with E-state index in [1.807, 2.05) is 153 Å². The molecule has 8 aromatic carbocycles. The van der Waals surface area contributed by atoms with Crippen LogP contribution in [0, 0.1) is 49.1 Å². The fourth-order valence-corrected chi connectivity index (χ4v) is 9.49. The number of benzene rings is 8. The Labute approximate surface area is 574 Å². The van der Waals surface area contributed by atoms with Crippen LogP contribution in [0.15, 0.2) is 298 Å². The zero-order valence-electron chi connectivity index (χ0n) is 51.1. The second-order valence-corrected chi connectivity index (χ2v) is 21.6. The van der Waals surface area contributed by atoms with E-state index in [2.05, 4.69) is 222 Å². The third-order valence-electron chi connectivity index (χ3n) is 13.7. The number of nitrogens with zero attached hydrogens (tertiary/aromatic N) is 5. The summed E-state index contributed by atoms with van der Waals surface area (Å²) >= 11 is 0. The Morgan fingerprint density at radius 2 is 0.622 bits per heavy atom. The normalized spacial score (nSPS) is 10.1. The molecule has 0 atom stereocenters. The van der Waals surface area contributed by atoms with Gasteiger partial charge >= 0.3 is 0 Å². The second-order valence-electron chi connectivity index (χ2n) is 21.6. The summed E-state index contributed by atoms with van der Waals surface area (Å²) in [6, 6.07) is 106. The van der Waals surface area contributed by atoms with Crippen molar-refractivity contribution in [3.05, 3.63) is 345 Å². The topological polar surface area (TPSA) is 64.5 Å². The van der Waals surface area contributed by atoms with Crippen molar-refractivity contribution in [2.75, 3.05) is 0 Å². The third-order valence-corrected chi connectivity index (χ3v) is 13.7. The van der Waals surface area contributed by atoms with Crippen LogP contribution in [0.1, 0.15) is 44.4 Å². The molecule has 90 heavy (non-hydrogen) atoms. The molecule has 0 aliphatic carbocycles. The molecule has 8 heteroatoms. The van der Waals surface area contributed by atoms with Crippen molar-refractivity contribution < 1.29 is 60.3 Å². The van der Waals surface area contributed by atoms with Gasteiger partial charge in [0, 0.05) is 91.3 Å². The maximum absolute atomic E-state index is 4.52. The van der Waals surface area contributed by atoms with Crippen molar-refractivity contribution in [3.8, 4) is 89.7 Å². The monoisotopic (exact) mass is 1700 g/mol. The molecule has 5 nitrogen and oxygen atoms in total. The SMILES string of the molecule is CC(C)Cc1ccnc(-c2[c-]ccc(-c3ccccc3)c2)c1.CC(C)Cc1ccnc(-c2[c-]ccc(-c3ccccc3)c2)c1.Cc1ccc(-c2[c-]ccc(-c3ccccc3)c2)nc1.[Ir].[Ir].[Ir].[c-]1ccccc1-c1ccccn1.[c-]1ccccc1-c1ccccn1. The summed E-state index contributed by atoms with van der Waals surface area (Å²) < 4.78 is 0. The molecule has 0 aliphatic rings. The van der Waals surface area contributed by atoms with Crippen molar-refractivity contribution in [1.29, 1.82) is 0 Å². The van der Waals surface area contributed by atoms with Gasteiger partial charge in [-0.2, -0.15) is 0 Å². The molecule has 0 unspecified atom stereocenters. The minimum absolute atomic E-state index is 0.